The predicted molar refractivity (Wildman–Crippen MR) is 94.9 cm³/mol. The molecule has 0 bridgehead atoms. The molecule has 0 saturated heterocycles. The summed E-state index contributed by atoms with van der Waals surface area (Å²) >= 11 is 4.80. The summed E-state index contributed by atoms with van der Waals surface area (Å²) in [5, 5.41) is 4.36. The van der Waals surface area contributed by atoms with Crippen LogP contribution in [0.2, 0.25) is 0 Å². The second-order valence-corrected chi connectivity index (χ2v) is 4.89. The topological polar surface area (TPSA) is 59.6 Å². The molecule has 0 fully saturated rings. The van der Waals surface area contributed by atoms with Gasteiger partial charge in [0.1, 0.15) is 5.75 Å². The molecule has 0 saturated carbocycles. The van der Waals surface area contributed by atoms with Gasteiger partial charge >= 0.3 is 0 Å². The van der Waals surface area contributed by atoms with Crippen LogP contribution in [-0.4, -0.2) is 17.9 Å². The number of methoxy groups -OCH3 is 1. The lowest BCUT2D eigenvalue weighted by Gasteiger charge is -2.05. The van der Waals surface area contributed by atoms with E-state index in [2.05, 4.69) is 10.5 Å². The highest BCUT2D eigenvalue weighted by molar-refractivity contribution is 7.80. The minimum atomic E-state index is 0.124. The van der Waals surface area contributed by atoms with Gasteiger partial charge in [-0.1, -0.05) is 36.4 Å². The number of benzene rings is 2. The average molecular weight is 311 g/mol. The molecular weight excluding hydrogens is 294 g/mol. The maximum atomic E-state index is 5.44. The Morgan fingerprint density at radius 3 is 2.41 bits per heavy atom. The summed E-state index contributed by atoms with van der Waals surface area (Å²) in [5.74, 6) is 0.789. The number of ether oxygens (including phenoxy) is 1. The summed E-state index contributed by atoms with van der Waals surface area (Å²) < 4.78 is 5.16. The quantitative estimate of drug-likeness (QED) is 0.506. The summed E-state index contributed by atoms with van der Waals surface area (Å²) in [6.45, 7) is 0. The van der Waals surface area contributed by atoms with Gasteiger partial charge in [0.15, 0.2) is 5.11 Å². The molecule has 0 aliphatic carbocycles. The first-order chi connectivity index (χ1) is 10.7. The molecule has 112 valence electrons. The molecule has 3 N–H and O–H groups in total. The van der Waals surface area contributed by atoms with Gasteiger partial charge < -0.3 is 10.5 Å². The molecule has 0 aliphatic heterocycles. The van der Waals surface area contributed by atoms with E-state index in [0.717, 1.165) is 22.6 Å². The number of allylic oxidation sites excluding steroid dienone is 1. The second-order valence-electron chi connectivity index (χ2n) is 4.45. The van der Waals surface area contributed by atoms with Crippen molar-refractivity contribution in [2.75, 3.05) is 7.11 Å². The first kappa shape index (κ1) is 15.7. The molecule has 5 heteroatoms. The Morgan fingerprint density at radius 2 is 1.82 bits per heavy atom. The summed E-state index contributed by atoms with van der Waals surface area (Å²) in [7, 11) is 1.63. The third kappa shape index (κ3) is 4.71. The van der Waals surface area contributed by atoms with Crippen molar-refractivity contribution in [2.24, 2.45) is 10.8 Å². The maximum Gasteiger partial charge on any atom is 0.184 e. The molecule has 0 unspecified atom stereocenters. The zero-order chi connectivity index (χ0) is 15.8. The van der Waals surface area contributed by atoms with Crippen LogP contribution >= 0.6 is 12.2 Å². The van der Waals surface area contributed by atoms with Crippen molar-refractivity contribution in [2.45, 2.75) is 0 Å². The molecule has 2 rings (SSSR count). The highest BCUT2D eigenvalue weighted by atomic mass is 32.1. The fourth-order valence-electron chi connectivity index (χ4n) is 1.81. The van der Waals surface area contributed by atoms with E-state index in [1.807, 2.05) is 66.7 Å². The van der Waals surface area contributed by atoms with Gasteiger partial charge in [-0.15, -0.1) is 0 Å². The molecular formula is C17H17N3OS. The van der Waals surface area contributed by atoms with E-state index in [1.54, 1.807) is 7.11 Å². The molecule has 0 heterocycles. The molecule has 0 amide bonds. The van der Waals surface area contributed by atoms with Crippen molar-refractivity contribution < 1.29 is 4.74 Å². The molecule has 0 atom stereocenters. The largest absolute Gasteiger partial charge is 0.497 e. The Bertz CT molecular complexity index is 679. The van der Waals surface area contributed by atoms with Crippen molar-refractivity contribution in [1.29, 1.82) is 0 Å². The Balaban J connectivity index is 2.27. The third-order valence-electron chi connectivity index (χ3n) is 2.91. The van der Waals surface area contributed by atoms with E-state index in [0.29, 0.717) is 0 Å². The minimum Gasteiger partial charge on any atom is -0.497 e. The minimum absolute atomic E-state index is 0.124. The predicted octanol–water partition coefficient (Wildman–Crippen LogP) is 2.95. The van der Waals surface area contributed by atoms with Crippen LogP contribution < -0.4 is 15.9 Å². The number of nitrogens with zero attached hydrogens (tertiary/aromatic N) is 1. The number of hydrazone groups is 1. The molecule has 0 aromatic heterocycles. The monoisotopic (exact) mass is 311 g/mol. The summed E-state index contributed by atoms with van der Waals surface area (Å²) in [4.78, 5) is 0. The highest BCUT2D eigenvalue weighted by Gasteiger charge is 2.01. The van der Waals surface area contributed by atoms with E-state index in [-0.39, 0.29) is 5.11 Å². The fraction of sp³-hybridized carbons (Fsp3) is 0.0588. The van der Waals surface area contributed by atoms with E-state index >= 15 is 0 Å². The molecule has 0 aliphatic rings. The van der Waals surface area contributed by atoms with Crippen molar-refractivity contribution in [1.82, 2.24) is 5.43 Å². The van der Waals surface area contributed by atoms with Crippen LogP contribution in [0.4, 0.5) is 0 Å². The zero-order valence-electron chi connectivity index (χ0n) is 12.2. The average Bonchev–Trinajstić information content (AvgIpc) is 2.56. The van der Waals surface area contributed by atoms with Gasteiger partial charge in [-0.3, -0.25) is 5.43 Å². The van der Waals surface area contributed by atoms with Gasteiger partial charge in [0, 0.05) is 5.56 Å². The number of hydrogen-bond donors (Lipinski definition) is 2. The van der Waals surface area contributed by atoms with E-state index < -0.39 is 0 Å². The van der Waals surface area contributed by atoms with E-state index in [1.165, 1.54) is 0 Å². The highest BCUT2D eigenvalue weighted by Crippen LogP contribution is 2.13. The molecule has 2 aromatic carbocycles. The summed E-state index contributed by atoms with van der Waals surface area (Å²) in [6, 6.07) is 17.6. The van der Waals surface area contributed by atoms with Gasteiger partial charge in [0.25, 0.3) is 0 Å². The Hall–Kier alpha value is -2.66. The maximum absolute atomic E-state index is 5.44. The number of nitrogens with one attached hydrogen (secondary N) is 1. The van der Waals surface area contributed by atoms with Crippen molar-refractivity contribution in [3.05, 3.63) is 71.8 Å². The number of rotatable bonds is 5. The second kappa shape index (κ2) is 7.95. The SMILES string of the molecule is COc1ccc(C(/C=C/c2ccccc2)=N\NC(N)=S)cc1. The molecule has 0 radical (unpaired) electrons. The molecule has 22 heavy (non-hydrogen) atoms. The Morgan fingerprint density at radius 1 is 1.14 bits per heavy atom. The van der Waals surface area contributed by atoms with Crippen molar-refractivity contribution >= 4 is 29.1 Å². The Kier molecular flexibility index (Phi) is 5.68. The third-order valence-corrected chi connectivity index (χ3v) is 3.00. The lowest BCUT2D eigenvalue weighted by Crippen LogP contribution is -2.25. The van der Waals surface area contributed by atoms with Gasteiger partial charge in [-0.2, -0.15) is 5.10 Å². The van der Waals surface area contributed by atoms with Gasteiger partial charge in [-0.05, 0) is 48.1 Å². The summed E-state index contributed by atoms with van der Waals surface area (Å²) in [6.07, 6.45) is 3.88. The van der Waals surface area contributed by atoms with Crippen LogP contribution in [0.3, 0.4) is 0 Å². The van der Waals surface area contributed by atoms with Gasteiger partial charge in [-0.25, -0.2) is 0 Å². The van der Waals surface area contributed by atoms with Crippen LogP contribution in [0, 0.1) is 0 Å². The van der Waals surface area contributed by atoms with Crippen LogP contribution in [-0.2, 0) is 0 Å². The lowest BCUT2D eigenvalue weighted by atomic mass is 10.1. The smallest absolute Gasteiger partial charge is 0.184 e. The van der Waals surface area contributed by atoms with Crippen molar-refractivity contribution in [3.63, 3.8) is 0 Å². The molecule has 4 nitrogen and oxygen atoms in total. The van der Waals surface area contributed by atoms with Gasteiger partial charge in [0.2, 0.25) is 0 Å². The van der Waals surface area contributed by atoms with Crippen LogP contribution in [0.25, 0.3) is 6.08 Å². The number of thiocarbonyl (C=S) groups is 1. The van der Waals surface area contributed by atoms with Crippen molar-refractivity contribution in [3.8, 4) is 5.75 Å². The number of hydrogen-bond acceptors (Lipinski definition) is 3. The first-order valence-corrected chi connectivity index (χ1v) is 7.10. The van der Waals surface area contributed by atoms with Crippen LogP contribution in [0.1, 0.15) is 11.1 Å². The molecule has 0 spiro atoms. The Labute approximate surface area is 135 Å². The lowest BCUT2D eigenvalue weighted by molar-refractivity contribution is 0.415. The zero-order valence-corrected chi connectivity index (χ0v) is 13.0. The fourth-order valence-corrected chi connectivity index (χ4v) is 1.86. The normalized spacial score (nSPS) is 11.4. The standard InChI is InChI=1S/C17H17N3OS/c1-21-15-10-8-14(9-11-15)16(19-20-17(18)22)12-7-13-5-3-2-4-6-13/h2-12H,1H3,(H3,18,20,22)/b12-7+,19-16-. The van der Waals surface area contributed by atoms with E-state index in [4.69, 9.17) is 22.7 Å². The molecule has 2 aromatic rings. The van der Waals surface area contributed by atoms with Crippen LogP contribution in [0.5, 0.6) is 5.75 Å². The van der Waals surface area contributed by atoms with Gasteiger partial charge in [0.05, 0.1) is 12.8 Å². The van der Waals surface area contributed by atoms with E-state index in [9.17, 15) is 0 Å². The summed E-state index contributed by atoms with van der Waals surface area (Å²) in [5.41, 5.74) is 10.8. The number of nitrogens with two attached hydrogens (primary N) is 1. The van der Waals surface area contributed by atoms with Crippen LogP contribution in [0.15, 0.2) is 65.8 Å². The first-order valence-electron chi connectivity index (χ1n) is 6.70.